The number of aryl methyl sites for hydroxylation is 1. The van der Waals surface area contributed by atoms with E-state index in [-0.39, 0.29) is 12.1 Å². The van der Waals surface area contributed by atoms with Gasteiger partial charge >= 0.3 is 0 Å². The Labute approximate surface area is 173 Å². The third-order valence-corrected chi connectivity index (χ3v) is 7.11. The smallest absolute Gasteiger partial charge is 0.266 e. The molecule has 5 heterocycles. The van der Waals surface area contributed by atoms with Gasteiger partial charge in [-0.05, 0) is 62.3 Å². The average molecular weight is 412 g/mol. The third-order valence-electron chi connectivity index (χ3n) is 6.22. The Bertz CT molecular complexity index is 1040. The summed E-state index contributed by atoms with van der Waals surface area (Å²) in [5, 5.41) is 17.9. The first-order chi connectivity index (χ1) is 14.0. The fraction of sp³-hybridized carbons (Fsp3) is 0.455. The zero-order chi connectivity index (χ0) is 20.0. The van der Waals surface area contributed by atoms with Crippen LogP contribution in [0.3, 0.4) is 0 Å². The molecule has 2 bridgehead atoms. The molecule has 0 spiro atoms. The van der Waals surface area contributed by atoms with E-state index in [1.54, 1.807) is 23.5 Å². The van der Waals surface area contributed by atoms with Crippen LogP contribution in [0.25, 0.3) is 10.6 Å². The van der Waals surface area contributed by atoms with E-state index in [0.717, 1.165) is 41.5 Å². The first-order valence-corrected chi connectivity index (χ1v) is 11.0. The van der Waals surface area contributed by atoms with E-state index in [9.17, 15) is 9.90 Å². The molecule has 3 aromatic heterocycles. The highest BCUT2D eigenvalue weighted by Gasteiger charge is 2.48. The van der Waals surface area contributed by atoms with Gasteiger partial charge in [0.05, 0.1) is 23.6 Å². The number of nitrogens with zero attached hydrogens (tertiary/aromatic N) is 3. The van der Waals surface area contributed by atoms with Gasteiger partial charge in [0.25, 0.3) is 5.56 Å². The molecule has 0 aliphatic carbocycles. The molecule has 0 saturated carbocycles. The third kappa shape index (κ3) is 3.70. The van der Waals surface area contributed by atoms with Crippen molar-refractivity contribution in [3.05, 3.63) is 63.7 Å². The van der Waals surface area contributed by atoms with Crippen LogP contribution in [0.4, 0.5) is 0 Å². The number of aromatic nitrogens is 2. The summed E-state index contributed by atoms with van der Waals surface area (Å²) in [6.07, 6.45) is 3.45. The van der Waals surface area contributed by atoms with Crippen LogP contribution in [0.1, 0.15) is 37.2 Å². The van der Waals surface area contributed by atoms with Gasteiger partial charge in [-0.25, -0.2) is 4.68 Å². The highest BCUT2D eigenvalue weighted by atomic mass is 32.1. The fourth-order valence-electron chi connectivity index (χ4n) is 4.95. The van der Waals surface area contributed by atoms with E-state index in [1.165, 1.54) is 4.68 Å². The molecule has 3 aromatic rings. The maximum atomic E-state index is 12.4. The van der Waals surface area contributed by atoms with Gasteiger partial charge in [0.2, 0.25) is 0 Å². The Hall–Kier alpha value is -2.22. The summed E-state index contributed by atoms with van der Waals surface area (Å²) >= 11 is 1.59. The minimum absolute atomic E-state index is 0.167. The maximum absolute atomic E-state index is 12.4. The van der Waals surface area contributed by atoms with Crippen LogP contribution in [0.5, 0.6) is 0 Å². The molecule has 2 saturated heterocycles. The van der Waals surface area contributed by atoms with E-state index >= 15 is 0 Å². The monoisotopic (exact) mass is 411 g/mol. The Kier molecular flexibility index (Phi) is 4.69. The molecular weight excluding hydrogens is 386 g/mol. The highest BCUT2D eigenvalue weighted by Crippen LogP contribution is 2.42. The summed E-state index contributed by atoms with van der Waals surface area (Å²) < 4.78 is 7.21. The summed E-state index contributed by atoms with van der Waals surface area (Å²) in [5.74, 6) is 1.91. The minimum atomic E-state index is -0.910. The van der Waals surface area contributed by atoms with Crippen LogP contribution in [-0.2, 0) is 13.1 Å². The number of hydrogen-bond donors (Lipinski definition) is 1. The summed E-state index contributed by atoms with van der Waals surface area (Å²) in [5.41, 5.74) is -0.303. The predicted molar refractivity (Wildman–Crippen MR) is 112 cm³/mol. The lowest BCUT2D eigenvalue weighted by molar-refractivity contribution is -0.0690. The average Bonchev–Trinajstić information content (AvgIpc) is 3.40. The second-order valence-electron chi connectivity index (χ2n) is 8.39. The highest BCUT2D eigenvalue weighted by molar-refractivity contribution is 7.13. The predicted octanol–water partition coefficient (Wildman–Crippen LogP) is 3.43. The SMILES string of the molecule is Cc1ccc(CN2C3CCC2CC(O)(Cn2nc(-c4cccs4)ccc2=O)C3)o1. The van der Waals surface area contributed by atoms with Crippen molar-refractivity contribution in [3.63, 3.8) is 0 Å². The zero-order valence-corrected chi connectivity index (χ0v) is 17.3. The van der Waals surface area contributed by atoms with E-state index in [2.05, 4.69) is 10.00 Å². The lowest BCUT2D eigenvalue weighted by Gasteiger charge is -2.43. The second-order valence-corrected chi connectivity index (χ2v) is 9.34. The van der Waals surface area contributed by atoms with E-state index < -0.39 is 5.60 Å². The lowest BCUT2D eigenvalue weighted by atomic mass is 9.86. The normalized spacial score (nSPS) is 26.8. The molecule has 2 aliphatic heterocycles. The number of aliphatic hydroxyl groups is 1. The van der Waals surface area contributed by atoms with Crippen molar-refractivity contribution >= 4 is 11.3 Å². The molecule has 0 radical (unpaired) electrons. The Morgan fingerprint density at radius 1 is 1.21 bits per heavy atom. The van der Waals surface area contributed by atoms with Gasteiger partial charge in [0.1, 0.15) is 17.2 Å². The Balaban J connectivity index is 1.34. The van der Waals surface area contributed by atoms with Crippen molar-refractivity contribution in [1.29, 1.82) is 0 Å². The number of furan rings is 1. The number of rotatable bonds is 5. The van der Waals surface area contributed by atoms with Gasteiger partial charge in [0, 0.05) is 18.2 Å². The van der Waals surface area contributed by atoms with E-state index in [4.69, 9.17) is 4.42 Å². The number of fused-ring (bicyclic) bond motifs is 2. The molecule has 1 N–H and O–H groups in total. The number of hydrogen-bond acceptors (Lipinski definition) is 6. The summed E-state index contributed by atoms with van der Waals surface area (Å²) in [6.45, 7) is 2.99. The number of piperidine rings is 1. The van der Waals surface area contributed by atoms with Gasteiger partial charge in [-0.2, -0.15) is 5.10 Å². The molecule has 2 fully saturated rings. The van der Waals surface area contributed by atoms with E-state index in [0.29, 0.717) is 24.9 Å². The quantitative estimate of drug-likeness (QED) is 0.696. The second kappa shape index (κ2) is 7.23. The largest absolute Gasteiger partial charge is 0.465 e. The van der Waals surface area contributed by atoms with Crippen molar-refractivity contribution in [1.82, 2.24) is 14.7 Å². The van der Waals surface area contributed by atoms with Crippen LogP contribution >= 0.6 is 11.3 Å². The topological polar surface area (TPSA) is 71.5 Å². The molecule has 6 nitrogen and oxygen atoms in total. The first-order valence-electron chi connectivity index (χ1n) is 10.1. The fourth-order valence-corrected chi connectivity index (χ4v) is 5.64. The van der Waals surface area contributed by atoms with E-state index in [1.807, 2.05) is 36.6 Å². The molecule has 7 heteroatoms. The number of thiophene rings is 1. The molecule has 0 amide bonds. The lowest BCUT2D eigenvalue weighted by Crippen LogP contribution is -2.53. The van der Waals surface area contributed by atoms with Crippen molar-refractivity contribution < 1.29 is 9.52 Å². The molecule has 29 heavy (non-hydrogen) atoms. The first kappa shape index (κ1) is 18.8. The maximum Gasteiger partial charge on any atom is 0.266 e. The zero-order valence-electron chi connectivity index (χ0n) is 16.5. The summed E-state index contributed by atoms with van der Waals surface area (Å²) in [4.78, 5) is 15.9. The van der Waals surface area contributed by atoms with Crippen molar-refractivity contribution in [2.75, 3.05) is 0 Å². The van der Waals surface area contributed by atoms with Crippen LogP contribution in [0.15, 0.2) is 51.0 Å². The van der Waals surface area contributed by atoms with Crippen LogP contribution < -0.4 is 5.56 Å². The van der Waals surface area contributed by atoms with Crippen LogP contribution in [0.2, 0.25) is 0 Å². The van der Waals surface area contributed by atoms with Crippen molar-refractivity contribution in [2.24, 2.45) is 0 Å². The Morgan fingerprint density at radius 2 is 2.00 bits per heavy atom. The molecule has 2 atom stereocenters. The van der Waals surface area contributed by atoms with Gasteiger partial charge in [-0.1, -0.05) is 6.07 Å². The molecule has 0 aromatic carbocycles. The van der Waals surface area contributed by atoms with Gasteiger partial charge in [0.15, 0.2) is 0 Å². The molecule has 152 valence electrons. The standard InChI is InChI=1S/C22H25N3O3S/c1-15-4-7-18(28-15)13-24-16-5-6-17(24)12-22(27,11-16)14-25-21(26)9-8-19(23-25)20-3-2-10-29-20/h2-4,7-10,16-17,27H,5-6,11-14H2,1H3. The summed E-state index contributed by atoms with van der Waals surface area (Å²) in [7, 11) is 0. The summed E-state index contributed by atoms with van der Waals surface area (Å²) in [6, 6.07) is 11.9. The molecule has 5 rings (SSSR count). The van der Waals surface area contributed by atoms with Crippen LogP contribution in [-0.4, -0.2) is 37.5 Å². The van der Waals surface area contributed by atoms with Crippen molar-refractivity contribution in [3.8, 4) is 10.6 Å². The molecule has 2 aliphatic rings. The van der Waals surface area contributed by atoms with Gasteiger partial charge < -0.3 is 9.52 Å². The van der Waals surface area contributed by atoms with Crippen molar-refractivity contribution in [2.45, 2.75) is 63.4 Å². The van der Waals surface area contributed by atoms with Crippen LogP contribution in [0, 0.1) is 6.92 Å². The minimum Gasteiger partial charge on any atom is -0.465 e. The molecule has 2 unspecified atom stereocenters. The van der Waals surface area contributed by atoms with Gasteiger partial charge in [-0.3, -0.25) is 9.69 Å². The Morgan fingerprint density at radius 3 is 2.66 bits per heavy atom. The molecular formula is C22H25N3O3S. The van der Waals surface area contributed by atoms with Gasteiger partial charge in [-0.15, -0.1) is 11.3 Å².